The highest BCUT2D eigenvalue weighted by atomic mass is 79.9. The van der Waals surface area contributed by atoms with Gasteiger partial charge in [0.1, 0.15) is 5.82 Å². The number of aromatic nitrogens is 3. The molecule has 0 aliphatic rings. The number of rotatable bonds is 7. The normalized spacial score (nSPS) is 13.5. The molecule has 0 aliphatic carbocycles. The van der Waals surface area contributed by atoms with E-state index >= 15 is 0 Å². The average molecular weight is 496 g/mol. The Morgan fingerprint density at radius 3 is 2.53 bits per heavy atom. The predicted molar refractivity (Wildman–Crippen MR) is 120 cm³/mol. The molecule has 3 aromatic heterocycles. The molecule has 0 saturated heterocycles. The Labute approximate surface area is 185 Å². The van der Waals surface area contributed by atoms with Gasteiger partial charge in [-0.3, -0.25) is 4.98 Å². The molecule has 0 radical (unpaired) electrons. The van der Waals surface area contributed by atoms with Gasteiger partial charge in [-0.05, 0) is 52.3 Å². The molecule has 1 unspecified atom stereocenters. The number of hydrogen-bond donors (Lipinski definition) is 0. The zero-order valence-corrected chi connectivity index (χ0v) is 20.7. The highest BCUT2D eigenvalue weighted by Crippen LogP contribution is 2.38. The van der Waals surface area contributed by atoms with Crippen LogP contribution in [0.3, 0.4) is 0 Å². The van der Waals surface area contributed by atoms with Gasteiger partial charge in [-0.25, -0.2) is 8.91 Å². The van der Waals surface area contributed by atoms with Gasteiger partial charge in [-0.2, -0.15) is 5.10 Å². The molecule has 162 valence electrons. The van der Waals surface area contributed by atoms with E-state index in [0.717, 1.165) is 4.47 Å². The van der Waals surface area contributed by atoms with Crippen LogP contribution in [0.25, 0.3) is 5.52 Å². The second-order valence-corrected chi connectivity index (χ2v) is 14.3. The van der Waals surface area contributed by atoms with Crippen LogP contribution in [0.1, 0.15) is 32.6 Å². The van der Waals surface area contributed by atoms with Gasteiger partial charge in [-0.1, -0.05) is 20.8 Å². The third-order valence-electron chi connectivity index (χ3n) is 5.48. The zero-order valence-electron chi connectivity index (χ0n) is 18.1. The second-order valence-electron chi connectivity index (χ2n) is 8.61. The average Bonchev–Trinajstić information content (AvgIpc) is 3.07. The fraction of sp³-hybridized carbons (Fsp3) is 0.429. The number of fused-ring (bicyclic) bond motifs is 1. The van der Waals surface area contributed by atoms with Crippen LogP contribution < -0.4 is 9.47 Å². The summed E-state index contributed by atoms with van der Waals surface area (Å²) in [7, 11) is -0.446. The van der Waals surface area contributed by atoms with Crippen molar-refractivity contribution in [3.8, 4) is 11.5 Å². The van der Waals surface area contributed by atoms with Crippen LogP contribution in [0, 0.1) is 5.82 Å². The Bertz CT molecular complexity index is 1020. The van der Waals surface area contributed by atoms with Gasteiger partial charge in [0.05, 0.1) is 31.8 Å². The summed E-state index contributed by atoms with van der Waals surface area (Å²) in [5.41, 5.74) is 1.28. The van der Waals surface area contributed by atoms with E-state index in [-0.39, 0.29) is 5.04 Å². The number of nitrogens with zero attached hydrogens (tertiary/aromatic N) is 3. The van der Waals surface area contributed by atoms with Gasteiger partial charge < -0.3 is 13.9 Å². The maximum absolute atomic E-state index is 13.5. The molecular formula is C21H27BrFN3O3Si. The van der Waals surface area contributed by atoms with Gasteiger partial charge in [0.2, 0.25) is 0 Å². The Morgan fingerprint density at radius 2 is 1.93 bits per heavy atom. The molecule has 3 rings (SSSR count). The topological polar surface area (TPSA) is 57.9 Å². The Balaban J connectivity index is 1.98. The third-order valence-corrected chi connectivity index (χ3v) is 10.4. The van der Waals surface area contributed by atoms with Gasteiger partial charge in [0, 0.05) is 10.7 Å². The maximum Gasteiger partial charge on any atom is 0.192 e. The molecule has 0 aromatic carbocycles. The minimum Gasteiger partial charge on any atom is -0.493 e. The van der Waals surface area contributed by atoms with Crippen LogP contribution in [0.15, 0.2) is 41.3 Å². The van der Waals surface area contributed by atoms with Crippen molar-refractivity contribution in [2.75, 3.05) is 13.7 Å². The summed E-state index contributed by atoms with van der Waals surface area (Å²) in [6.07, 6.45) is 4.11. The van der Waals surface area contributed by atoms with Crippen molar-refractivity contribution in [2.24, 2.45) is 0 Å². The first-order chi connectivity index (χ1) is 14.0. The van der Waals surface area contributed by atoms with Crippen LogP contribution in [0.5, 0.6) is 11.5 Å². The first-order valence-corrected chi connectivity index (χ1v) is 13.3. The molecule has 0 aliphatic heterocycles. The Morgan fingerprint density at radius 1 is 1.20 bits per heavy atom. The van der Waals surface area contributed by atoms with E-state index in [1.54, 1.807) is 23.9 Å². The molecular weight excluding hydrogens is 469 g/mol. The second kappa shape index (κ2) is 8.64. The van der Waals surface area contributed by atoms with Crippen LogP contribution in [0.2, 0.25) is 18.1 Å². The summed E-state index contributed by atoms with van der Waals surface area (Å²) in [6, 6.07) is 4.85. The van der Waals surface area contributed by atoms with Crippen LogP contribution in [0.4, 0.5) is 4.39 Å². The molecule has 0 spiro atoms. The van der Waals surface area contributed by atoms with E-state index < -0.39 is 20.2 Å². The number of methoxy groups -OCH3 is 1. The van der Waals surface area contributed by atoms with Crippen molar-refractivity contribution in [2.45, 2.75) is 45.0 Å². The number of pyridine rings is 2. The summed E-state index contributed by atoms with van der Waals surface area (Å²) < 4.78 is 34.2. The smallest absolute Gasteiger partial charge is 0.192 e. The first-order valence-electron chi connectivity index (χ1n) is 9.65. The molecule has 0 amide bonds. The Kier molecular flexibility index (Phi) is 6.54. The minimum absolute atomic E-state index is 0.0471. The van der Waals surface area contributed by atoms with E-state index in [0.29, 0.717) is 29.3 Å². The quantitative estimate of drug-likeness (QED) is 0.388. The lowest BCUT2D eigenvalue weighted by molar-refractivity contribution is 0.118. The summed E-state index contributed by atoms with van der Waals surface area (Å²) in [5, 5.41) is 4.36. The SMILES string of the molecule is COc1cnn2cc(Br)cc(OC(CO[Si](C)(C)C(C)(C)C)c3ccc(F)cn3)c12. The molecule has 0 N–H and O–H groups in total. The van der Waals surface area contributed by atoms with Gasteiger partial charge in [0.15, 0.2) is 31.4 Å². The maximum atomic E-state index is 13.5. The lowest BCUT2D eigenvalue weighted by Crippen LogP contribution is -2.42. The molecule has 0 fully saturated rings. The Hall–Kier alpha value is -1.97. The van der Waals surface area contributed by atoms with Crippen molar-refractivity contribution in [3.05, 3.63) is 52.8 Å². The largest absolute Gasteiger partial charge is 0.493 e. The molecule has 1 atom stereocenters. The number of ether oxygens (including phenoxy) is 2. The summed E-state index contributed by atoms with van der Waals surface area (Å²) in [6.45, 7) is 11.2. The number of halogens is 2. The van der Waals surface area contributed by atoms with Crippen molar-refractivity contribution in [1.82, 2.24) is 14.6 Å². The van der Waals surface area contributed by atoms with Crippen molar-refractivity contribution in [1.29, 1.82) is 0 Å². The van der Waals surface area contributed by atoms with E-state index in [1.807, 2.05) is 12.3 Å². The third kappa shape index (κ3) is 4.84. The molecule has 3 aromatic rings. The van der Waals surface area contributed by atoms with Gasteiger partial charge >= 0.3 is 0 Å². The highest BCUT2D eigenvalue weighted by molar-refractivity contribution is 9.10. The molecule has 3 heterocycles. The van der Waals surface area contributed by atoms with Gasteiger partial charge in [0.25, 0.3) is 0 Å². The molecule has 9 heteroatoms. The van der Waals surface area contributed by atoms with Crippen molar-refractivity contribution in [3.63, 3.8) is 0 Å². The fourth-order valence-corrected chi connectivity index (χ4v) is 4.08. The predicted octanol–water partition coefficient (Wildman–Crippen LogP) is 5.78. The van der Waals surface area contributed by atoms with Crippen LogP contribution >= 0.6 is 15.9 Å². The molecule has 0 bridgehead atoms. The van der Waals surface area contributed by atoms with E-state index in [9.17, 15) is 4.39 Å². The molecule has 30 heavy (non-hydrogen) atoms. The highest BCUT2D eigenvalue weighted by Gasteiger charge is 2.38. The molecule has 6 nitrogen and oxygen atoms in total. The number of hydrogen-bond acceptors (Lipinski definition) is 5. The minimum atomic E-state index is -2.03. The summed E-state index contributed by atoms with van der Waals surface area (Å²) >= 11 is 3.50. The van der Waals surface area contributed by atoms with Crippen LogP contribution in [-0.4, -0.2) is 36.6 Å². The fourth-order valence-electron chi connectivity index (χ4n) is 2.68. The zero-order chi connectivity index (χ0) is 22.1. The standard InChI is InChI=1S/C21H27BrFN3O3Si/c1-21(2,3)30(5,6)28-13-19(16-8-7-15(23)10-24-16)29-17-9-14(22)12-26-20(17)18(27-4)11-25-26/h7-12,19H,13H2,1-6H3. The summed E-state index contributed by atoms with van der Waals surface area (Å²) in [5.74, 6) is 0.757. The van der Waals surface area contributed by atoms with Crippen molar-refractivity contribution < 1.29 is 18.3 Å². The molecule has 0 saturated carbocycles. The van der Waals surface area contributed by atoms with E-state index in [4.69, 9.17) is 13.9 Å². The summed E-state index contributed by atoms with van der Waals surface area (Å²) in [4.78, 5) is 4.24. The van der Waals surface area contributed by atoms with E-state index in [1.165, 1.54) is 12.3 Å². The van der Waals surface area contributed by atoms with Crippen molar-refractivity contribution >= 4 is 29.8 Å². The monoisotopic (exact) mass is 495 g/mol. The first kappa shape index (κ1) is 22.7. The van der Waals surface area contributed by atoms with E-state index in [2.05, 4.69) is 59.9 Å². The van der Waals surface area contributed by atoms with Crippen LogP contribution in [-0.2, 0) is 4.43 Å². The lowest BCUT2D eigenvalue weighted by atomic mass is 10.2. The lowest BCUT2D eigenvalue weighted by Gasteiger charge is -2.37. The van der Waals surface area contributed by atoms with Gasteiger partial charge in [-0.15, -0.1) is 0 Å².